The molecule has 0 spiro atoms. The van der Waals surface area contributed by atoms with E-state index in [1.165, 1.54) is 6.08 Å². The summed E-state index contributed by atoms with van der Waals surface area (Å²) in [4.78, 5) is 24.8. The monoisotopic (exact) mass is 465 g/mol. The molecule has 0 aliphatic carbocycles. The molecular weight excluding hydrogens is 446 g/mol. The van der Waals surface area contributed by atoms with Crippen molar-refractivity contribution in [2.45, 2.75) is 33.0 Å². The quantitative estimate of drug-likeness (QED) is 0.453. The lowest BCUT2D eigenvalue weighted by Crippen LogP contribution is -2.34. The minimum atomic E-state index is -0.762. The first-order chi connectivity index (χ1) is 13.1. The van der Waals surface area contributed by atoms with Gasteiger partial charge in [-0.05, 0) is 56.2 Å². The second-order valence-corrected chi connectivity index (χ2v) is 8.24. The van der Waals surface area contributed by atoms with Crippen LogP contribution < -0.4 is 5.32 Å². The number of esters is 1. The van der Waals surface area contributed by atoms with Crippen LogP contribution in [0.4, 0.5) is 4.79 Å². The third-order valence-corrected chi connectivity index (χ3v) is 4.16. The first-order valence-electron chi connectivity index (χ1n) is 8.52. The number of benzene rings is 2. The number of carbonyl (C=O) groups excluding carboxylic acids is 2. The summed E-state index contributed by atoms with van der Waals surface area (Å²) in [5, 5.41) is 2.88. The number of carbonyl (C=O) groups is 2. The van der Waals surface area contributed by atoms with Crippen LogP contribution in [-0.4, -0.2) is 17.7 Å². The molecule has 2 aromatic carbocycles. The Morgan fingerprint density at radius 1 is 1.14 bits per heavy atom. The van der Waals surface area contributed by atoms with E-state index >= 15 is 0 Å². The minimum absolute atomic E-state index is 0.0687. The van der Waals surface area contributed by atoms with E-state index in [0.29, 0.717) is 10.6 Å². The third-order valence-electron chi connectivity index (χ3n) is 3.33. The summed E-state index contributed by atoms with van der Waals surface area (Å²) in [6.45, 7) is 5.26. The molecule has 0 radical (unpaired) electrons. The Labute approximate surface area is 177 Å². The number of amides is 1. The van der Waals surface area contributed by atoms with Crippen molar-refractivity contribution in [2.24, 2.45) is 0 Å². The molecule has 5 nitrogen and oxygen atoms in total. The predicted molar refractivity (Wildman–Crippen MR) is 113 cm³/mol. The fourth-order valence-electron chi connectivity index (χ4n) is 2.14. The Morgan fingerprint density at radius 2 is 1.82 bits per heavy atom. The van der Waals surface area contributed by atoms with Crippen molar-refractivity contribution >= 4 is 45.7 Å². The van der Waals surface area contributed by atoms with Crippen LogP contribution in [-0.2, 0) is 20.9 Å². The Morgan fingerprint density at radius 3 is 2.46 bits per heavy atom. The van der Waals surface area contributed by atoms with Gasteiger partial charge in [0.25, 0.3) is 0 Å². The van der Waals surface area contributed by atoms with Crippen molar-refractivity contribution in [3.8, 4) is 0 Å². The summed E-state index contributed by atoms with van der Waals surface area (Å²) in [6.07, 6.45) is 0.686. The second kappa shape index (κ2) is 9.75. The van der Waals surface area contributed by atoms with Crippen LogP contribution in [0.1, 0.15) is 31.9 Å². The molecule has 1 N–H and O–H groups in total. The topological polar surface area (TPSA) is 64.6 Å². The van der Waals surface area contributed by atoms with Gasteiger partial charge >= 0.3 is 12.1 Å². The van der Waals surface area contributed by atoms with Crippen molar-refractivity contribution in [2.75, 3.05) is 0 Å². The number of nitrogens with one attached hydrogen (secondary N) is 1. The normalized spacial score (nSPS) is 11.7. The van der Waals surface area contributed by atoms with Gasteiger partial charge in [0.1, 0.15) is 17.9 Å². The lowest BCUT2D eigenvalue weighted by Gasteiger charge is -2.20. The van der Waals surface area contributed by atoms with Crippen LogP contribution in [0.25, 0.3) is 6.08 Å². The summed E-state index contributed by atoms with van der Waals surface area (Å²) in [6, 6.07) is 14.4. The average molecular weight is 467 g/mol. The summed E-state index contributed by atoms with van der Waals surface area (Å²) in [5.41, 5.74) is 0.577. The van der Waals surface area contributed by atoms with Crippen molar-refractivity contribution in [1.82, 2.24) is 5.32 Å². The van der Waals surface area contributed by atoms with Crippen molar-refractivity contribution in [3.05, 3.63) is 74.9 Å². The van der Waals surface area contributed by atoms with Gasteiger partial charge in [0.15, 0.2) is 0 Å². The maximum atomic E-state index is 12.6. The zero-order valence-corrected chi connectivity index (χ0v) is 18.1. The summed E-state index contributed by atoms with van der Waals surface area (Å²) < 4.78 is 11.3. The van der Waals surface area contributed by atoms with E-state index in [4.69, 9.17) is 21.1 Å². The Bertz CT molecular complexity index is 876. The number of halogens is 2. The van der Waals surface area contributed by atoms with Crippen LogP contribution in [0.5, 0.6) is 0 Å². The first kappa shape index (κ1) is 22.0. The third kappa shape index (κ3) is 7.37. The summed E-state index contributed by atoms with van der Waals surface area (Å²) >= 11 is 9.56. The lowest BCUT2D eigenvalue weighted by molar-refractivity contribution is -0.140. The zero-order valence-electron chi connectivity index (χ0n) is 15.8. The first-order valence-corrected chi connectivity index (χ1v) is 9.69. The van der Waals surface area contributed by atoms with E-state index in [1.54, 1.807) is 39.0 Å². The predicted octanol–water partition coefficient (Wildman–Crippen LogP) is 5.71. The molecule has 2 aromatic rings. The standard InChI is InChI=1S/C21H21BrClNO4/c1-21(2,3)28-20(26)24-18(12-15-11-16(22)9-10-17(15)23)19(25)27-13-14-7-5-4-6-8-14/h4-12H,13H2,1-3H3,(H,24,26)/b18-12-. The van der Waals surface area contributed by atoms with E-state index in [2.05, 4.69) is 21.2 Å². The molecule has 0 aromatic heterocycles. The van der Waals surface area contributed by atoms with E-state index in [0.717, 1.165) is 10.0 Å². The Hall–Kier alpha value is -2.31. The molecule has 1 amide bonds. The van der Waals surface area contributed by atoms with E-state index < -0.39 is 17.7 Å². The van der Waals surface area contributed by atoms with Gasteiger partial charge in [-0.25, -0.2) is 9.59 Å². The average Bonchev–Trinajstić information content (AvgIpc) is 2.61. The highest BCUT2D eigenvalue weighted by atomic mass is 79.9. The molecule has 0 heterocycles. The molecule has 0 fully saturated rings. The van der Waals surface area contributed by atoms with Gasteiger partial charge in [0, 0.05) is 9.50 Å². The molecule has 2 rings (SSSR count). The smallest absolute Gasteiger partial charge is 0.412 e. The van der Waals surface area contributed by atoms with Gasteiger partial charge in [-0.1, -0.05) is 57.9 Å². The molecule has 148 valence electrons. The van der Waals surface area contributed by atoms with Gasteiger partial charge in [-0.3, -0.25) is 5.32 Å². The van der Waals surface area contributed by atoms with Gasteiger partial charge in [0.2, 0.25) is 0 Å². The number of hydrogen-bond donors (Lipinski definition) is 1. The number of ether oxygens (including phenoxy) is 2. The van der Waals surface area contributed by atoms with Crippen LogP contribution >= 0.6 is 27.5 Å². The molecule has 0 bridgehead atoms. The maximum Gasteiger partial charge on any atom is 0.412 e. The molecular formula is C21H21BrClNO4. The summed E-state index contributed by atoms with van der Waals surface area (Å²) in [7, 11) is 0. The molecule has 0 saturated carbocycles. The van der Waals surface area contributed by atoms with E-state index in [1.807, 2.05) is 30.3 Å². The Balaban J connectivity index is 2.24. The molecule has 0 unspecified atom stereocenters. The summed E-state index contributed by atoms with van der Waals surface area (Å²) in [5.74, 6) is -0.703. The van der Waals surface area contributed by atoms with Gasteiger partial charge in [-0.15, -0.1) is 0 Å². The van der Waals surface area contributed by atoms with Crippen molar-refractivity contribution in [3.63, 3.8) is 0 Å². The Kier molecular flexibility index (Phi) is 7.66. The highest BCUT2D eigenvalue weighted by Gasteiger charge is 2.21. The second-order valence-electron chi connectivity index (χ2n) is 6.91. The largest absolute Gasteiger partial charge is 0.456 e. The highest BCUT2D eigenvalue weighted by Crippen LogP contribution is 2.23. The van der Waals surface area contributed by atoms with Gasteiger partial charge in [-0.2, -0.15) is 0 Å². The van der Waals surface area contributed by atoms with Crippen molar-refractivity contribution < 1.29 is 19.1 Å². The molecule has 28 heavy (non-hydrogen) atoms. The highest BCUT2D eigenvalue weighted by molar-refractivity contribution is 9.10. The van der Waals surface area contributed by atoms with Crippen LogP contribution in [0.3, 0.4) is 0 Å². The van der Waals surface area contributed by atoms with E-state index in [-0.39, 0.29) is 12.3 Å². The molecule has 0 aliphatic heterocycles. The van der Waals surface area contributed by atoms with Crippen molar-refractivity contribution in [1.29, 1.82) is 0 Å². The van der Waals surface area contributed by atoms with Gasteiger partial charge < -0.3 is 9.47 Å². The fourth-order valence-corrected chi connectivity index (χ4v) is 2.69. The zero-order chi connectivity index (χ0) is 20.7. The van der Waals surface area contributed by atoms with Crippen LogP contribution in [0.15, 0.2) is 58.7 Å². The maximum absolute atomic E-state index is 12.6. The number of rotatable bonds is 5. The molecule has 0 saturated heterocycles. The van der Waals surface area contributed by atoms with E-state index in [9.17, 15) is 9.59 Å². The number of alkyl carbamates (subject to hydrolysis) is 1. The minimum Gasteiger partial charge on any atom is -0.456 e. The SMILES string of the molecule is CC(C)(C)OC(=O)N/C(=C\c1cc(Br)ccc1Cl)C(=O)OCc1ccccc1. The number of hydrogen-bond acceptors (Lipinski definition) is 4. The fraction of sp³-hybridized carbons (Fsp3) is 0.238. The lowest BCUT2D eigenvalue weighted by atomic mass is 10.2. The molecule has 0 aliphatic rings. The molecule has 0 atom stereocenters. The van der Waals surface area contributed by atoms with Crippen LogP contribution in [0, 0.1) is 0 Å². The van der Waals surface area contributed by atoms with Crippen LogP contribution in [0.2, 0.25) is 5.02 Å². The molecule has 7 heteroatoms. The van der Waals surface area contributed by atoms with Gasteiger partial charge in [0.05, 0.1) is 0 Å².